The number of nitrogens with zero attached hydrogens (tertiary/aromatic N) is 3. The van der Waals surface area contributed by atoms with E-state index in [-0.39, 0.29) is 0 Å². The third-order valence-electron chi connectivity index (χ3n) is 9.80. The van der Waals surface area contributed by atoms with Gasteiger partial charge in [-0.05, 0) is 41.8 Å². The maximum Gasteiger partial charge on any atom is 0.160 e. The molecule has 0 atom stereocenters. The highest BCUT2D eigenvalue weighted by Gasteiger charge is 2.19. The molecule has 0 radical (unpaired) electrons. The van der Waals surface area contributed by atoms with Gasteiger partial charge in [0.2, 0.25) is 0 Å². The van der Waals surface area contributed by atoms with E-state index in [1.165, 1.54) is 37.3 Å². The van der Waals surface area contributed by atoms with E-state index in [4.69, 9.17) is 14.4 Å². The van der Waals surface area contributed by atoms with Crippen LogP contribution in [-0.4, -0.2) is 14.5 Å². The van der Waals surface area contributed by atoms with E-state index in [1.807, 2.05) is 6.07 Å². The normalized spacial score (nSPS) is 12.1. The number of fused-ring (bicyclic) bond motifs is 11. The van der Waals surface area contributed by atoms with Crippen molar-refractivity contribution in [3.8, 4) is 28.3 Å². The van der Waals surface area contributed by atoms with E-state index >= 15 is 0 Å². The Kier molecular flexibility index (Phi) is 5.51. The zero-order valence-corrected chi connectivity index (χ0v) is 26.9. The van der Waals surface area contributed by atoms with Gasteiger partial charge in [0.1, 0.15) is 11.2 Å². The molecule has 49 heavy (non-hydrogen) atoms. The third kappa shape index (κ3) is 3.91. The minimum atomic E-state index is 0.690. The number of furan rings is 1. The van der Waals surface area contributed by atoms with Crippen molar-refractivity contribution in [1.29, 1.82) is 0 Å². The Balaban J connectivity index is 1.11. The highest BCUT2D eigenvalue weighted by atomic mass is 32.1. The molecule has 4 aromatic heterocycles. The van der Waals surface area contributed by atoms with Crippen molar-refractivity contribution < 1.29 is 4.42 Å². The van der Waals surface area contributed by atoms with Gasteiger partial charge in [0, 0.05) is 59.9 Å². The fourth-order valence-electron chi connectivity index (χ4n) is 7.55. The Hall–Kier alpha value is -6.30. The number of benzene rings is 7. The van der Waals surface area contributed by atoms with E-state index < -0.39 is 0 Å². The van der Waals surface area contributed by atoms with Crippen molar-refractivity contribution >= 4 is 86.2 Å². The van der Waals surface area contributed by atoms with Crippen LogP contribution in [0, 0.1) is 0 Å². The summed E-state index contributed by atoms with van der Waals surface area (Å²) in [6, 6.07) is 53.6. The lowest BCUT2D eigenvalue weighted by Gasteiger charge is -2.10. The standard InChI is InChI=1S/C44H25N3OS/c1-2-11-27(12-3-1)40-43-41(35-15-7-9-17-39(35)49-43)46-44(45-40)28-19-21-32-33-23-20-29(25-38(33)48-37(32)24-28)47-36-16-8-6-14-31(36)34-22-18-26-10-4-5-13-30(26)42(34)47/h1-25H. The lowest BCUT2D eigenvalue weighted by atomic mass is 10.1. The first-order chi connectivity index (χ1) is 24.3. The van der Waals surface area contributed by atoms with Gasteiger partial charge in [-0.1, -0.05) is 109 Å². The first kappa shape index (κ1) is 26.7. The highest BCUT2D eigenvalue weighted by Crippen LogP contribution is 2.41. The second-order valence-corrected chi connectivity index (χ2v) is 13.6. The minimum Gasteiger partial charge on any atom is -0.456 e. The topological polar surface area (TPSA) is 43.9 Å². The highest BCUT2D eigenvalue weighted by molar-refractivity contribution is 7.26. The predicted molar refractivity (Wildman–Crippen MR) is 205 cm³/mol. The number of para-hydroxylation sites is 1. The van der Waals surface area contributed by atoms with Crippen LogP contribution in [0.25, 0.3) is 103 Å². The van der Waals surface area contributed by atoms with Crippen molar-refractivity contribution in [2.75, 3.05) is 0 Å². The van der Waals surface area contributed by atoms with Crippen molar-refractivity contribution in [1.82, 2.24) is 14.5 Å². The van der Waals surface area contributed by atoms with Crippen LogP contribution in [0.3, 0.4) is 0 Å². The Morgan fingerprint density at radius 3 is 2.12 bits per heavy atom. The maximum absolute atomic E-state index is 6.66. The Morgan fingerprint density at radius 1 is 0.510 bits per heavy atom. The summed E-state index contributed by atoms with van der Waals surface area (Å²) in [5.41, 5.74) is 9.06. The molecule has 11 aromatic rings. The van der Waals surface area contributed by atoms with Crippen LogP contribution < -0.4 is 0 Å². The molecule has 7 aromatic carbocycles. The molecule has 0 fully saturated rings. The fraction of sp³-hybridized carbons (Fsp3) is 0. The summed E-state index contributed by atoms with van der Waals surface area (Å²) in [7, 11) is 0. The zero-order valence-electron chi connectivity index (χ0n) is 26.1. The average Bonchev–Trinajstić information content (AvgIpc) is 3.83. The molecule has 0 aliphatic carbocycles. The number of hydrogen-bond donors (Lipinski definition) is 0. The van der Waals surface area contributed by atoms with E-state index in [9.17, 15) is 0 Å². The van der Waals surface area contributed by atoms with E-state index in [2.05, 4.69) is 150 Å². The van der Waals surface area contributed by atoms with Crippen LogP contribution in [0.15, 0.2) is 156 Å². The molecule has 0 aliphatic rings. The summed E-state index contributed by atoms with van der Waals surface area (Å²) in [5, 5.41) is 8.25. The quantitative estimate of drug-likeness (QED) is 0.192. The van der Waals surface area contributed by atoms with Gasteiger partial charge in [-0.15, -0.1) is 11.3 Å². The van der Waals surface area contributed by atoms with Crippen molar-refractivity contribution in [3.63, 3.8) is 0 Å². The molecule has 0 aliphatic heterocycles. The Labute approximate surface area is 284 Å². The van der Waals surface area contributed by atoms with E-state index in [1.54, 1.807) is 11.3 Å². The summed E-state index contributed by atoms with van der Waals surface area (Å²) in [6.07, 6.45) is 0. The van der Waals surface area contributed by atoms with Gasteiger partial charge in [0.05, 0.1) is 26.9 Å². The van der Waals surface area contributed by atoms with Crippen molar-refractivity contribution in [2.24, 2.45) is 0 Å². The summed E-state index contributed by atoms with van der Waals surface area (Å²) < 4.78 is 11.3. The van der Waals surface area contributed by atoms with Gasteiger partial charge >= 0.3 is 0 Å². The monoisotopic (exact) mass is 643 g/mol. The second kappa shape index (κ2) is 10.1. The molecule has 0 bridgehead atoms. The Bertz CT molecular complexity index is 3110. The summed E-state index contributed by atoms with van der Waals surface area (Å²) in [6.45, 7) is 0. The van der Waals surface area contributed by atoms with Crippen LogP contribution in [0.4, 0.5) is 0 Å². The second-order valence-electron chi connectivity index (χ2n) is 12.6. The number of aromatic nitrogens is 3. The molecule has 11 rings (SSSR count). The smallest absolute Gasteiger partial charge is 0.160 e. The lowest BCUT2D eigenvalue weighted by molar-refractivity contribution is 0.669. The maximum atomic E-state index is 6.66. The molecule has 0 saturated heterocycles. The molecule has 4 nitrogen and oxygen atoms in total. The summed E-state index contributed by atoms with van der Waals surface area (Å²) in [5.74, 6) is 0.690. The minimum absolute atomic E-state index is 0.690. The van der Waals surface area contributed by atoms with Crippen LogP contribution >= 0.6 is 11.3 Å². The van der Waals surface area contributed by atoms with E-state index in [0.29, 0.717) is 5.82 Å². The molecular weight excluding hydrogens is 619 g/mol. The van der Waals surface area contributed by atoms with Crippen LogP contribution in [-0.2, 0) is 0 Å². The molecule has 0 spiro atoms. The van der Waals surface area contributed by atoms with Gasteiger partial charge in [-0.25, -0.2) is 9.97 Å². The summed E-state index contributed by atoms with van der Waals surface area (Å²) >= 11 is 1.75. The molecule has 0 amide bonds. The first-order valence-electron chi connectivity index (χ1n) is 16.4. The van der Waals surface area contributed by atoms with E-state index in [0.717, 1.165) is 60.0 Å². The van der Waals surface area contributed by atoms with Gasteiger partial charge in [0.25, 0.3) is 0 Å². The first-order valence-corrected chi connectivity index (χ1v) is 17.2. The van der Waals surface area contributed by atoms with Crippen molar-refractivity contribution in [3.05, 3.63) is 152 Å². The van der Waals surface area contributed by atoms with Gasteiger partial charge in [-0.3, -0.25) is 0 Å². The number of thiophene rings is 1. The molecule has 0 N–H and O–H groups in total. The van der Waals surface area contributed by atoms with Gasteiger partial charge < -0.3 is 8.98 Å². The number of rotatable bonds is 3. The Morgan fingerprint density at radius 2 is 1.22 bits per heavy atom. The molecular formula is C44H25N3OS. The molecule has 4 heterocycles. The van der Waals surface area contributed by atoms with Gasteiger partial charge in [-0.2, -0.15) is 0 Å². The SMILES string of the molecule is c1ccc(-c2nc(-c3ccc4c(c3)oc3cc(-n5c6ccccc6c6ccc7ccccc7c65)ccc34)nc3c2sc2ccccc23)cc1. The average molecular weight is 644 g/mol. The molecule has 0 unspecified atom stereocenters. The van der Waals surface area contributed by atoms with Crippen LogP contribution in [0.5, 0.6) is 0 Å². The fourth-order valence-corrected chi connectivity index (χ4v) is 8.71. The van der Waals surface area contributed by atoms with Crippen molar-refractivity contribution in [2.45, 2.75) is 0 Å². The zero-order chi connectivity index (χ0) is 32.1. The molecule has 0 saturated carbocycles. The van der Waals surface area contributed by atoms with Crippen LogP contribution in [0.1, 0.15) is 0 Å². The lowest BCUT2D eigenvalue weighted by Crippen LogP contribution is -1.94. The van der Waals surface area contributed by atoms with Gasteiger partial charge in [0.15, 0.2) is 5.82 Å². The summed E-state index contributed by atoms with van der Waals surface area (Å²) in [4.78, 5) is 10.3. The van der Waals surface area contributed by atoms with Crippen LogP contribution in [0.2, 0.25) is 0 Å². The molecule has 5 heteroatoms. The third-order valence-corrected chi connectivity index (χ3v) is 11.0. The predicted octanol–water partition coefficient (Wildman–Crippen LogP) is 12.3. The molecule has 228 valence electrons. The largest absolute Gasteiger partial charge is 0.456 e. The number of hydrogen-bond acceptors (Lipinski definition) is 4.